The number of β-amino-alcohol motifs (C(OH)–C–C–N with tert-alkyl or cyclic N) is 1. The number of fused-ring (bicyclic) bond motifs is 1. The Morgan fingerprint density at radius 3 is 3.12 bits per heavy atom. The van der Waals surface area contributed by atoms with E-state index in [1.807, 2.05) is 0 Å². The SMILES string of the molecule is CCc1ccc2nc(N3CCC(O)C3)sc2c1. The Morgan fingerprint density at radius 2 is 2.41 bits per heavy atom. The minimum Gasteiger partial charge on any atom is -0.391 e. The van der Waals surface area contributed by atoms with Gasteiger partial charge in [-0.2, -0.15) is 0 Å². The Morgan fingerprint density at radius 1 is 1.53 bits per heavy atom. The Bertz CT molecular complexity index is 537. The van der Waals surface area contributed by atoms with Crippen LogP contribution in [0.5, 0.6) is 0 Å². The van der Waals surface area contributed by atoms with Crippen LogP contribution in [0.25, 0.3) is 10.2 Å². The van der Waals surface area contributed by atoms with Crippen molar-refractivity contribution in [2.45, 2.75) is 25.9 Å². The molecule has 1 fully saturated rings. The number of thiazole rings is 1. The molecule has 0 spiro atoms. The molecule has 1 aromatic carbocycles. The van der Waals surface area contributed by atoms with E-state index in [4.69, 9.17) is 0 Å². The zero-order chi connectivity index (χ0) is 11.8. The van der Waals surface area contributed by atoms with Crippen LogP contribution in [0.3, 0.4) is 0 Å². The normalized spacial score (nSPS) is 20.4. The molecule has 0 aliphatic carbocycles. The molecule has 0 amide bonds. The maximum atomic E-state index is 9.55. The highest BCUT2D eigenvalue weighted by molar-refractivity contribution is 7.22. The minimum atomic E-state index is -0.187. The second-order valence-corrected chi connectivity index (χ2v) is 5.55. The van der Waals surface area contributed by atoms with Gasteiger partial charge in [-0.15, -0.1) is 0 Å². The average molecular weight is 248 g/mol. The van der Waals surface area contributed by atoms with Gasteiger partial charge in [0, 0.05) is 13.1 Å². The number of aliphatic hydroxyl groups is 1. The van der Waals surface area contributed by atoms with E-state index in [9.17, 15) is 5.11 Å². The van der Waals surface area contributed by atoms with Gasteiger partial charge in [0.1, 0.15) is 0 Å². The molecule has 90 valence electrons. The van der Waals surface area contributed by atoms with Crippen molar-refractivity contribution in [3.63, 3.8) is 0 Å². The van der Waals surface area contributed by atoms with Gasteiger partial charge in [0.2, 0.25) is 0 Å². The lowest BCUT2D eigenvalue weighted by atomic mass is 10.2. The molecule has 0 saturated carbocycles. The summed E-state index contributed by atoms with van der Waals surface area (Å²) < 4.78 is 1.25. The quantitative estimate of drug-likeness (QED) is 0.886. The summed E-state index contributed by atoms with van der Waals surface area (Å²) in [7, 11) is 0. The molecule has 1 N–H and O–H groups in total. The summed E-state index contributed by atoms with van der Waals surface area (Å²) in [6, 6.07) is 6.47. The Kier molecular flexibility index (Phi) is 2.76. The van der Waals surface area contributed by atoms with E-state index in [2.05, 4.69) is 35.0 Å². The second-order valence-electron chi connectivity index (χ2n) is 4.54. The molecule has 1 aliphatic heterocycles. The maximum Gasteiger partial charge on any atom is 0.186 e. The fourth-order valence-corrected chi connectivity index (χ4v) is 3.29. The van der Waals surface area contributed by atoms with Crippen LogP contribution in [0.2, 0.25) is 0 Å². The fraction of sp³-hybridized carbons (Fsp3) is 0.462. The molecule has 3 rings (SSSR count). The van der Waals surface area contributed by atoms with Gasteiger partial charge >= 0.3 is 0 Å². The molecule has 0 radical (unpaired) electrons. The zero-order valence-electron chi connectivity index (χ0n) is 9.89. The molecule has 2 heterocycles. The van der Waals surface area contributed by atoms with E-state index >= 15 is 0 Å². The second kappa shape index (κ2) is 4.27. The molecular formula is C13H16N2OS. The number of anilines is 1. The highest BCUT2D eigenvalue weighted by Gasteiger charge is 2.22. The molecule has 1 aliphatic rings. The summed E-state index contributed by atoms with van der Waals surface area (Å²) in [5, 5.41) is 10.6. The van der Waals surface area contributed by atoms with Crippen LogP contribution >= 0.6 is 11.3 Å². The molecule has 1 saturated heterocycles. The number of nitrogens with zero attached hydrogens (tertiary/aromatic N) is 2. The Labute approximate surface area is 105 Å². The first-order valence-corrected chi connectivity index (χ1v) is 6.90. The van der Waals surface area contributed by atoms with Gasteiger partial charge in [-0.25, -0.2) is 4.98 Å². The fourth-order valence-electron chi connectivity index (χ4n) is 2.23. The third kappa shape index (κ3) is 2.03. The van der Waals surface area contributed by atoms with E-state index in [0.717, 1.165) is 36.6 Å². The molecule has 1 aromatic heterocycles. The van der Waals surface area contributed by atoms with Gasteiger partial charge in [-0.05, 0) is 30.5 Å². The topological polar surface area (TPSA) is 36.4 Å². The summed E-state index contributed by atoms with van der Waals surface area (Å²) in [6.45, 7) is 3.81. The third-order valence-electron chi connectivity index (χ3n) is 3.28. The minimum absolute atomic E-state index is 0.187. The van der Waals surface area contributed by atoms with Gasteiger partial charge in [-0.1, -0.05) is 24.3 Å². The predicted octanol–water partition coefficient (Wildman–Crippen LogP) is 2.43. The first kappa shape index (κ1) is 11.0. The van der Waals surface area contributed by atoms with Gasteiger partial charge in [0.15, 0.2) is 5.13 Å². The van der Waals surface area contributed by atoms with E-state index in [-0.39, 0.29) is 6.10 Å². The van der Waals surface area contributed by atoms with Crippen LogP contribution in [-0.2, 0) is 6.42 Å². The van der Waals surface area contributed by atoms with Crippen molar-refractivity contribution in [3.05, 3.63) is 23.8 Å². The van der Waals surface area contributed by atoms with Crippen LogP contribution in [-0.4, -0.2) is 29.3 Å². The number of rotatable bonds is 2. The predicted molar refractivity (Wildman–Crippen MR) is 71.8 cm³/mol. The van der Waals surface area contributed by atoms with E-state index in [1.165, 1.54) is 10.3 Å². The zero-order valence-corrected chi connectivity index (χ0v) is 10.7. The Balaban J connectivity index is 1.96. The standard InChI is InChI=1S/C13H16N2OS/c1-2-9-3-4-11-12(7-9)17-13(14-11)15-6-5-10(16)8-15/h3-4,7,10,16H,2,5-6,8H2,1H3. The maximum absolute atomic E-state index is 9.55. The summed E-state index contributed by atoms with van der Waals surface area (Å²) in [5.74, 6) is 0. The molecule has 1 atom stereocenters. The number of hydrogen-bond acceptors (Lipinski definition) is 4. The van der Waals surface area contributed by atoms with Crippen molar-refractivity contribution in [1.82, 2.24) is 4.98 Å². The van der Waals surface area contributed by atoms with Crippen molar-refractivity contribution in [2.24, 2.45) is 0 Å². The van der Waals surface area contributed by atoms with Crippen LogP contribution in [0.4, 0.5) is 5.13 Å². The van der Waals surface area contributed by atoms with E-state index in [1.54, 1.807) is 11.3 Å². The first-order chi connectivity index (χ1) is 8.26. The largest absolute Gasteiger partial charge is 0.391 e. The first-order valence-electron chi connectivity index (χ1n) is 6.08. The van der Waals surface area contributed by atoms with Crippen molar-refractivity contribution in [3.8, 4) is 0 Å². The number of aliphatic hydroxyl groups excluding tert-OH is 1. The van der Waals surface area contributed by atoms with Gasteiger partial charge in [0.25, 0.3) is 0 Å². The lowest BCUT2D eigenvalue weighted by Crippen LogP contribution is -2.20. The van der Waals surface area contributed by atoms with Crippen LogP contribution < -0.4 is 4.90 Å². The number of hydrogen-bond donors (Lipinski definition) is 1. The lowest BCUT2D eigenvalue weighted by Gasteiger charge is -2.12. The molecule has 17 heavy (non-hydrogen) atoms. The summed E-state index contributed by atoms with van der Waals surface area (Å²) in [4.78, 5) is 6.82. The van der Waals surface area contributed by atoms with Crippen molar-refractivity contribution >= 4 is 26.7 Å². The molecule has 2 aromatic rings. The monoisotopic (exact) mass is 248 g/mol. The summed E-state index contributed by atoms with van der Waals surface area (Å²) >= 11 is 1.73. The Hall–Kier alpha value is -1.13. The van der Waals surface area contributed by atoms with Gasteiger partial charge in [0.05, 0.1) is 16.3 Å². The van der Waals surface area contributed by atoms with Gasteiger partial charge < -0.3 is 10.0 Å². The molecule has 4 heteroatoms. The van der Waals surface area contributed by atoms with Crippen molar-refractivity contribution in [2.75, 3.05) is 18.0 Å². The highest BCUT2D eigenvalue weighted by Crippen LogP contribution is 2.31. The summed E-state index contributed by atoms with van der Waals surface area (Å²) in [5.41, 5.74) is 2.43. The van der Waals surface area contributed by atoms with Gasteiger partial charge in [-0.3, -0.25) is 0 Å². The molecule has 1 unspecified atom stereocenters. The average Bonchev–Trinajstić information content (AvgIpc) is 2.93. The highest BCUT2D eigenvalue weighted by atomic mass is 32.1. The number of aromatic nitrogens is 1. The number of benzene rings is 1. The van der Waals surface area contributed by atoms with Crippen molar-refractivity contribution in [1.29, 1.82) is 0 Å². The molecule has 3 nitrogen and oxygen atoms in total. The van der Waals surface area contributed by atoms with E-state index in [0.29, 0.717) is 0 Å². The van der Waals surface area contributed by atoms with Crippen LogP contribution in [0.1, 0.15) is 18.9 Å². The third-order valence-corrected chi connectivity index (χ3v) is 4.36. The molecular weight excluding hydrogens is 232 g/mol. The number of aryl methyl sites for hydroxylation is 1. The lowest BCUT2D eigenvalue weighted by molar-refractivity contribution is 0.198. The smallest absolute Gasteiger partial charge is 0.186 e. The van der Waals surface area contributed by atoms with Crippen LogP contribution in [0, 0.1) is 0 Å². The van der Waals surface area contributed by atoms with E-state index < -0.39 is 0 Å². The van der Waals surface area contributed by atoms with Crippen molar-refractivity contribution < 1.29 is 5.11 Å². The van der Waals surface area contributed by atoms with Crippen LogP contribution in [0.15, 0.2) is 18.2 Å². The summed E-state index contributed by atoms with van der Waals surface area (Å²) in [6.07, 6.45) is 1.73. The molecule has 0 bridgehead atoms.